The van der Waals surface area contributed by atoms with Crippen LogP contribution in [0.2, 0.25) is 0 Å². The van der Waals surface area contributed by atoms with Gasteiger partial charge >= 0.3 is 0 Å². The molecule has 8 nitrogen and oxygen atoms in total. The van der Waals surface area contributed by atoms with E-state index in [-0.39, 0.29) is 12.1 Å². The van der Waals surface area contributed by atoms with E-state index in [2.05, 4.69) is 20.4 Å². The van der Waals surface area contributed by atoms with Gasteiger partial charge in [0.2, 0.25) is 11.7 Å². The summed E-state index contributed by atoms with van der Waals surface area (Å²) in [5.41, 5.74) is 13.7. The summed E-state index contributed by atoms with van der Waals surface area (Å²) in [6.07, 6.45) is 7.83. The number of likely N-dealkylation sites (tertiary alicyclic amines) is 1. The summed E-state index contributed by atoms with van der Waals surface area (Å²) in [7, 11) is 0. The molecule has 3 rings (SSSR count). The lowest BCUT2D eigenvalue weighted by molar-refractivity contribution is 0.0784. The number of aliphatic hydroxyl groups is 1. The molecule has 1 saturated heterocycles. The van der Waals surface area contributed by atoms with Crippen LogP contribution in [0.15, 0.2) is 22.1 Å². The lowest BCUT2D eigenvalue weighted by atomic mass is 9.91. The van der Waals surface area contributed by atoms with Crippen LogP contribution in [0.5, 0.6) is 0 Å². The zero-order valence-electron chi connectivity index (χ0n) is 16.3. The van der Waals surface area contributed by atoms with Crippen LogP contribution >= 0.6 is 0 Å². The van der Waals surface area contributed by atoms with Crippen molar-refractivity contribution in [2.75, 3.05) is 13.1 Å². The van der Waals surface area contributed by atoms with E-state index in [0.29, 0.717) is 34.8 Å². The first-order valence-electron chi connectivity index (χ1n) is 9.87. The van der Waals surface area contributed by atoms with Crippen molar-refractivity contribution < 1.29 is 9.63 Å². The Kier molecular flexibility index (Phi) is 6.38. The molecule has 2 aliphatic rings. The zero-order chi connectivity index (χ0) is 19.4. The van der Waals surface area contributed by atoms with Gasteiger partial charge in [0.25, 0.3) is 0 Å². The molecule has 0 spiro atoms. The molecule has 1 aromatic rings. The summed E-state index contributed by atoms with van der Waals surface area (Å²) in [6.45, 7) is 5.24. The Balaban J connectivity index is 1.66. The monoisotopic (exact) mass is 376 g/mol. The number of nitrogens with zero attached hydrogens (tertiary/aromatic N) is 3. The first-order chi connectivity index (χ1) is 12.9. The molecule has 0 unspecified atom stereocenters. The molecule has 1 aliphatic heterocycles. The fourth-order valence-electron chi connectivity index (χ4n) is 3.96. The number of aliphatic hydroxyl groups excluding tert-OH is 1. The van der Waals surface area contributed by atoms with Crippen LogP contribution in [0.1, 0.15) is 57.2 Å². The van der Waals surface area contributed by atoms with Gasteiger partial charge in [-0.1, -0.05) is 18.0 Å². The van der Waals surface area contributed by atoms with Crippen LogP contribution in [0.3, 0.4) is 0 Å². The molecule has 0 aromatic carbocycles. The van der Waals surface area contributed by atoms with E-state index >= 15 is 0 Å². The van der Waals surface area contributed by atoms with Gasteiger partial charge in [0.15, 0.2) is 0 Å². The number of rotatable bonds is 5. The van der Waals surface area contributed by atoms with Crippen molar-refractivity contribution in [3.8, 4) is 0 Å². The molecule has 6 N–H and O–H groups in total. The molecule has 0 bridgehead atoms. The quantitative estimate of drug-likeness (QED) is 0.565. The van der Waals surface area contributed by atoms with E-state index in [1.807, 2.05) is 6.92 Å². The minimum Gasteiger partial charge on any atom is -0.402 e. The van der Waals surface area contributed by atoms with Crippen molar-refractivity contribution in [2.24, 2.45) is 11.5 Å². The van der Waals surface area contributed by atoms with Crippen molar-refractivity contribution in [2.45, 2.75) is 70.6 Å². The Bertz CT molecular complexity index is 686. The Hall–Kier alpha value is -2.06. The predicted molar refractivity (Wildman–Crippen MR) is 104 cm³/mol. The van der Waals surface area contributed by atoms with E-state index in [0.717, 1.165) is 45.2 Å². The molecule has 0 radical (unpaired) electrons. The third-order valence-electron chi connectivity index (χ3n) is 5.43. The topological polar surface area (TPSA) is 126 Å². The van der Waals surface area contributed by atoms with Gasteiger partial charge in [0.1, 0.15) is 5.82 Å². The van der Waals surface area contributed by atoms with E-state index in [4.69, 9.17) is 16.0 Å². The van der Waals surface area contributed by atoms with Gasteiger partial charge in [-0.05, 0) is 38.7 Å². The molecule has 0 amide bonds. The van der Waals surface area contributed by atoms with E-state index in [9.17, 15) is 5.11 Å². The third-order valence-corrected chi connectivity index (χ3v) is 5.43. The van der Waals surface area contributed by atoms with E-state index in [1.165, 1.54) is 6.42 Å². The molecule has 150 valence electrons. The van der Waals surface area contributed by atoms with Crippen LogP contribution < -0.4 is 16.8 Å². The number of nitrogens with two attached hydrogens (primary N) is 2. The van der Waals surface area contributed by atoms with Crippen molar-refractivity contribution in [3.05, 3.63) is 29.3 Å². The Morgan fingerprint density at radius 3 is 2.52 bits per heavy atom. The largest absolute Gasteiger partial charge is 0.402 e. The number of hydrogen-bond acceptors (Lipinski definition) is 8. The molecule has 27 heavy (non-hydrogen) atoms. The molecule has 1 aliphatic carbocycles. The highest BCUT2D eigenvalue weighted by Gasteiger charge is 2.28. The lowest BCUT2D eigenvalue weighted by Gasteiger charge is -2.38. The molecule has 2 atom stereocenters. The average Bonchev–Trinajstić information content (AvgIpc) is 3.08. The third kappa shape index (κ3) is 5.01. The van der Waals surface area contributed by atoms with Gasteiger partial charge < -0.3 is 31.3 Å². The highest BCUT2D eigenvalue weighted by molar-refractivity contribution is 5.72. The minimum absolute atomic E-state index is 0.215. The van der Waals surface area contributed by atoms with Crippen molar-refractivity contribution >= 4 is 5.57 Å². The number of aryl methyl sites for hydroxylation is 1. The maximum Gasteiger partial charge on any atom is 0.223 e. The van der Waals surface area contributed by atoms with Gasteiger partial charge in [-0.25, -0.2) is 0 Å². The smallest absolute Gasteiger partial charge is 0.223 e. The number of allylic oxidation sites excluding steroid dienone is 3. The highest BCUT2D eigenvalue weighted by Crippen LogP contribution is 2.24. The Morgan fingerprint density at radius 2 is 1.93 bits per heavy atom. The van der Waals surface area contributed by atoms with Crippen LogP contribution in [0.4, 0.5) is 0 Å². The summed E-state index contributed by atoms with van der Waals surface area (Å²) in [5, 5.41) is 17.8. The number of aromatic nitrogens is 2. The minimum atomic E-state index is -0.215. The molecule has 1 aromatic heterocycles. The number of nitrogens with one attached hydrogen (secondary N) is 1. The maximum absolute atomic E-state index is 10.2. The maximum atomic E-state index is 10.2. The van der Waals surface area contributed by atoms with Crippen molar-refractivity contribution in [3.63, 3.8) is 0 Å². The second-order valence-corrected chi connectivity index (χ2v) is 7.71. The van der Waals surface area contributed by atoms with E-state index < -0.39 is 0 Å². The molecule has 2 heterocycles. The standard InChI is InChI=1S/C19H32N6O2/c1-12(20)11-15(19-22-13(2)27-24-19)18(21)25-9-7-14(8-10-25)23-16-5-3-4-6-17(16)26/h11,14,16-17,23,26H,3-10,20-21H2,1-2H3/b12-11-,18-15-/t16-,17-/m0/s1. The summed E-state index contributed by atoms with van der Waals surface area (Å²) in [4.78, 5) is 6.45. The molecule has 1 saturated carbocycles. The fourth-order valence-corrected chi connectivity index (χ4v) is 3.96. The van der Waals surface area contributed by atoms with Crippen molar-refractivity contribution in [1.82, 2.24) is 20.4 Å². The second-order valence-electron chi connectivity index (χ2n) is 7.71. The van der Waals surface area contributed by atoms with Gasteiger partial charge in [-0.3, -0.25) is 0 Å². The highest BCUT2D eigenvalue weighted by atomic mass is 16.5. The molecule has 2 fully saturated rings. The fraction of sp³-hybridized carbons (Fsp3) is 0.684. The Morgan fingerprint density at radius 1 is 1.22 bits per heavy atom. The Labute approximate surface area is 160 Å². The lowest BCUT2D eigenvalue weighted by Crippen LogP contribution is -2.51. The first kappa shape index (κ1) is 19.7. The van der Waals surface area contributed by atoms with Crippen LogP contribution in [0, 0.1) is 6.92 Å². The number of hydrogen-bond donors (Lipinski definition) is 4. The summed E-state index contributed by atoms with van der Waals surface area (Å²) < 4.78 is 5.10. The average molecular weight is 377 g/mol. The number of piperidine rings is 1. The zero-order valence-corrected chi connectivity index (χ0v) is 16.3. The van der Waals surface area contributed by atoms with Gasteiger partial charge in [-0.2, -0.15) is 4.98 Å². The SMILES string of the molecule is C/C(N)=C/C(=C(\N)N1CCC(N[C@H]2CCCC[C@@H]2O)CC1)c1noc(C)n1. The summed E-state index contributed by atoms with van der Waals surface area (Å²) in [6, 6.07) is 0.637. The predicted octanol–water partition coefficient (Wildman–Crippen LogP) is 1.23. The normalized spacial score (nSPS) is 26.2. The second kappa shape index (κ2) is 8.75. The molecular formula is C19H32N6O2. The van der Waals surface area contributed by atoms with Crippen LogP contribution in [-0.4, -0.2) is 51.4 Å². The first-order valence-corrected chi connectivity index (χ1v) is 9.87. The molecule has 8 heteroatoms. The van der Waals surface area contributed by atoms with Gasteiger partial charge in [-0.15, -0.1) is 0 Å². The summed E-state index contributed by atoms with van der Waals surface area (Å²) >= 11 is 0. The molecular weight excluding hydrogens is 344 g/mol. The van der Waals surface area contributed by atoms with Crippen LogP contribution in [-0.2, 0) is 0 Å². The van der Waals surface area contributed by atoms with Gasteiger partial charge in [0.05, 0.1) is 11.7 Å². The van der Waals surface area contributed by atoms with E-state index in [1.54, 1.807) is 13.0 Å². The van der Waals surface area contributed by atoms with Gasteiger partial charge in [0, 0.05) is 37.8 Å². The van der Waals surface area contributed by atoms with Crippen LogP contribution in [0.25, 0.3) is 5.57 Å². The summed E-state index contributed by atoms with van der Waals surface area (Å²) in [5.74, 6) is 1.57. The van der Waals surface area contributed by atoms with Crippen molar-refractivity contribution in [1.29, 1.82) is 0 Å².